The van der Waals surface area contributed by atoms with Crippen LogP contribution < -0.4 is 9.80 Å². The highest BCUT2D eigenvalue weighted by atomic mass is 15.2. The van der Waals surface area contributed by atoms with Crippen molar-refractivity contribution < 1.29 is 0 Å². The Bertz CT molecular complexity index is 3550. The molecule has 4 heteroatoms. The van der Waals surface area contributed by atoms with E-state index in [0.29, 0.717) is 0 Å². The smallest absolute Gasteiger partial charge is 0.0641 e. The van der Waals surface area contributed by atoms with Crippen molar-refractivity contribution in [3.05, 3.63) is 205 Å². The molecule has 0 spiro atoms. The highest BCUT2D eigenvalue weighted by molar-refractivity contribution is 6.32. The van der Waals surface area contributed by atoms with Crippen LogP contribution in [0.15, 0.2) is 194 Å². The molecular weight excluding hydrogens is 729 g/mol. The van der Waals surface area contributed by atoms with Crippen molar-refractivity contribution in [3.63, 3.8) is 0 Å². The van der Waals surface area contributed by atoms with E-state index in [9.17, 15) is 0 Å². The summed E-state index contributed by atoms with van der Waals surface area (Å²) in [6.07, 6.45) is 0. The molecule has 4 heterocycles. The highest BCUT2D eigenvalue weighted by Gasteiger charge is 2.27. The summed E-state index contributed by atoms with van der Waals surface area (Å²) in [5.74, 6) is 0. The molecule has 9 aromatic carbocycles. The standard InChI is InChI=1S/C56H38N4/c1-35-15-13-21-39(31-35)57(37-17-5-3-6-18-37)49-29-27-41-45-33-52-46(34-51(45)59-47-25-11-9-23-43(47)53(49)55(41)59)42-28-30-50(54-44-24-10-12-26-48(44)60(52)56(42)54)58(38-19-7-4-8-20-38)40-22-14-16-36(2)32-40/h3-34H,1-2H3. The Kier molecular flexibility index (Phi) is 6.83. The van der Waals surface area contributed by atoms with Gasteiger partial charge in [0.05, 0.1) is 44.5 Å². The van der Waals surface area contributed by atoms with Crippen molar-refractivity contribution in [1.82, 2.24) is 8.80 Å². The molecule has 60 heavy (non-hydrogen) atoms. The van der Waals surface area contributed by atoms with Crippen LogP contribution in [-0.2, 0) is 0 Å². The van der Waals surface area contributed by atoms with E-state index in [-0.39, 0.29) is 0 Å². The van der Waals surface area contributed by atoms with E-state index in [4.69, 9.17) is 0 Å². The fourth-order valence-electron chi connectivity index (χ4n) is 10.4. The first-order chi connectivity index (χ1) is 29.6. The van der Waals surface area contributed by atoms with Gasteiger partial charge in [-0.3, -0.25) is 0 Å². The molecule has 282 valence electrons. The third-order valence-corrected chi connectivity index (χ3v) is 12.8. The van der Waals surface area contributed by atoms with E-state index in [2.05, 4.69) is 227 Å². The number of rotatable bonds is 6. The molecule has 0 radical (unpaired) electrons. The van der Waals surface area contributed by atoms with Gasteiger partial charge in [0.25, 0.3) is 0 Å². The van der Waals surface area contributed by atoms with Crippen molar-refractivity contribution >= 4 is 110 Å². The molecule has 0 atom stereocenters. The number of aromatic nitrogens is 2. The molecule has 0 bridgehead atoms. The lowest BCUT2D eigenvalue weighted by Gasteiger charge is -2.26. The van der Waals surface area contributed by atoms with E-state index in [1.165, 1.54) is 98.7 Å². The van der Waals surface area contributed by atoms with Crippen LogP contribution in [0.1, 0.15) is 11.1 Å². The van der Waals surface area contributed by atoms with Crippen LogP contribution in [0.4, 0.5) is 34.1 Å². The van der Waals surface area contributed by atoms with Crippen molar-refractivity contribution in [1.29, 1.82) is 0 Å². The molecule has 13 rings (SSSR count). The Balaban J connectivity index is 1.13. The van der Waals surface area contributed by atoms with Crippen molar-refractivity contribution in [2.45, 2.75) is 13.8 Å². The molecule has 0 saturated heterocycles. The maximum atomic E-state index is 2.53. The normalized spacial score (nSPS) is 12.2. The number of nitrogens with zero attached hydrogens (tertiary/aromatic N) is 4. The molecule has 0 aliphatic rings. The molecule has 0 fully saturated rings. The van der Waals surface area contributed by atoms with Crippen molar-refractivity contribution in [2.24, 2.45) is 0 Å². The minimum absolute atomic E-state index is 1.14. The number of hydrogen-bond donors (Lipinski definition) is 0. The van der Waals surface area contributed by atoms with Crippen LogP contribution in [0.2, 0.25) is 0 Å². The van der Waals surface area contributed by atoms with Gasteiger partial charge < -0.3 is 18.6 Å². The van der Waals surface area contributed by atoms with Gasteiger partial charge >= 0.3 is 0 Å². The summed E-state index contributed by atoms with van der Waals surface area (Å²) in [5, 5.41) is 10.1. The predicted octanol–water partition coefficient (Wildman–Crippen LogP) is 15.5. The van der Waals surface area contributed by atoms with E-state index in [1.54, 1.807) is 0 Å². The number of para-hydroxylation sites is 4. The van der Waals surface area contributed by atoms with Gasteiger partial charge in [0.15, 0.2) is 0 Å². The molecule has 0 amide bonds. The second-order valence-corrected chi connectivity index (χ2v) is 16.3. The highest BCUT2D eigenvalue weighted by Crippen LogP contribution is 2.51. The van der Waals surface area contributed by atoms with Crippen molar-refractivity contribution in [3.8, 4) is 0 Å². The van der Waals surface area contributed by atoms with Gasteiger partial charge in [0.1, 0.15) is 0 Å². The zero-order valence-electron chi connectivity index (χ0n) is 33.3. The number of aryl methyl sites for hydroxylation is 2. The molecule has 4 nitrogen and oxygen atoms in total. The minimum atomic E-state index is 1.14. The summed E-state index contributed by atoms with van der Waals surface area (Å²) in [7, 11) is 0. The lowest BCUT2D eigenvalue weighted by atomic mass is 10.0. The van der Waals surface area contributed by atoms with Gasteiger partial charge in [0, 0.05) is 65.8 Å². The van der Waals surface area contributed by atoms with Crippen LogP contribution >= 0.6 is 0 Å². The molecular formula is C56H38N4. The summed E-state index contributed by atoms with van der Waals surface area (Å²) in [5.41, 5.74) is 16.8. The maximum Gasteiger partial charge on any atom is 0.0641 e. The Labute approximate surface area is 346 Å². The third kappa shape index (κ3) is 4.50. The zero-order valence-corrected chi connectivity index (χ0v) is 33.3. The first-order valence-corrected chi connectivity index (χ1v) is 20.8. The van der Waals surface area contributed by atoms with Crippen LogP contribution in [0.5, 0.6) is 0 Å². The Hall–Kier alpha value is -7.82. The van der Waals surface area contributed by atoms with Gasteiger partial charge in [0.2, 0.25) is 0 Å². The van der Waals surface area contributed by atoms with Crippen LogP contribution in [0.3, 0.4) is 0 Å². The SMILES string of the molecule is Cc1cccc(N(c2ccccc2)c2ccc3c4cc5c(cc4n4c6ccccc6c2c34)c2ccc(N(c3ccccc3)c3cccc(C)c3)c3c4ccccc4n5c23)c1. The summed E-state index contributed by atoms with van der Waals surface area (Å²) < 4.78 is 5.06. The fourth-order valence-corrected chi connectivity index (χ4v) is 10.4. The third-order valence-electron chi connectivity index (χ3n) is 12.8. The topological polar surface area (TPSA) is 15.3 Å². The molecule has 0 aliphatic heterocycles. The second-order valence-electron chi connectivity index (χ2n) is 16.3. The van der Waals surface area contributed by atoms with Gasteiger partial charge in [-0.2, -0.15) is 0 Å². The van der Waals surface area contributed by atoms with E-state index >= 15 is 0 Å². The number of anilines is 6. The second kappa shape index (κ2) is 12.3. The molecule has 0 N–H and O–H groups in total. The minimum Gasteiger partial charge on any atom is -0.310 e. The largest absolute Gasteiger partial charge is 0.310 e. The zero-order chi connectivity index (χ0) is 39.6. The predicted molar refractivity (Wildman–Crippen MR) is 255 cm³/mol. The Morgan fingerprint density at radius 2 is 0.700 bits per heavy atom. The Morgan fingerprint density at radius 3 is 1.13 bits per heavy atom. The maximum absolute atomic E-state index is 2.53. The summed E-state index contributed by atoms with van der Waals surface area (Å²) in [6, 6.07) is 71.5. The number of fused-ring (bicyclic) bond motifs is 12. The number of benzene rings is 9. The molecule has 13 aromatic rings. The molecule has 0 aliphatic carbocycles. The van der Waals surface area contributed by atoms with Gasteiger partial charge in [-0.05, 0) is 110 Å². The average molecular weight is 767 g/mol. The fraction of sp³-hybridized carbons (Fsp3) is 0.0357. The van der Waals surface area contributed by atoms with Gasteiger partial charge in [-0.15, -0.1) is 0 Å². The Morgan fingerprint density at radius 1 is 0.300 bits per heavy atom. The van der Waals surface area contributed by atoms with Crippen LogP contribution in [0.25, 0.3) is 76.2 Å². The molecule has 0 saturated carbocycles. The lowest BCUT2D eigenvalue weighted by molar-refractivity contribution is 1.28. The van der Waals surface area contributed by atoms with Crippen LogP contribution in [0, 0.1) is 13.8 Å². The summed E-state index contributed by atoms with van der Waals surface area (Å²) in [4.78, 5) is 4.86. The van der Waals surface area contributed by atoms with Crippen molar-refractivity contribution in [2.75, 3.05) is 9.80 Å². The quantitative estimate of drug-likeness (QED) is 0.167. The number of hydrogen-bond acceptors (Lipinski definition) is 2. The van der Waals surface area contributed by atoms with Gasteiger partial charge in [-0.1, -0.05) is 109 Å². The monoisotopic (exact) mass is 766 g/mol. The van der Waals surface area contributed by atoms with E-state index in [1.807, 2.05) is 0 Å². The first kappa shape index (κ1) is 33.2. The van der Waals surface area contributed by atoms with E-state index in [0.717, 1.165) is 22.7 Å². The average Bonchev–Trinajstić information content (AvgIpc) is 4.01. The van der Waals surface area contributed by atoms with Crippen LogP contribution in [-0.4, -0.2) is 8.80 Å². The molecule has 4 aromatic heterocycles. The first-order valence-electron chi connectivity index (χ1n) is 20.8. The molecule has 0 unspecified atom stereocenters. The summed E-state index contributed by atoms with van der Waals surface area (Å²) in [6.45, 7) is 4.34. The lowest BCUT2D eigenvalue weighted by Crippen LogP contribution is -2.10. The van der Waals surface area contributed by atoms with E-state index < -0.39 is 0 Å². The summed E-state index contributed by atoms with van der Waals surface area (Å²) >= 11 is 0. The van der Waals surface area contributed by atoms with Gasteiger partial charge in [-0.25, -0.2) is 0 Å².